The fourth-order valence-corrected chi connectivity index (χ4v) is 3.01. The predicted octanol–water partition coefficient (Wildman–Crippen LogP) is 4.79. The van der Waals surface area contributed by atoms with E-state index in [1.807, 2.05) is 13.8 Å². The van der Waals surface area contributed by atoms with Crippen molar-refractivity contribution in [2.24, 2.45) is 0 Å². The SMILES string of the molecule is CC(C)c1ccc2nc(C(F)(F)F)c(C(=O)Nc3nccs3)c(O)c2c1. The number of aromatic nitrogens is 2. The van der Waals surface area contributed by atoms with E-state index >= 15 is 0 Å². The van der Waals surface area contributed by atoms with E-state index in [-0.39, 0.29) is 22.0 Å². The Labute approximate surface area is 150 Å². The number of thiazole rings is 1. The van der Waals surface area contributed by atoms with Crippen LogP contribution in [-0.4, -0.2) is 21.0 Å². The number of carbonyl (C=O) groups excluding carboxylic acids is 1. The lowest BCUT2D eigenvalue weighted by Crippen LogP contribution is -2.20. The largest absolute Gasteiger partial charge is 0.506 e. The lowest BCUT2D eigenvalue weighted by atomic mass is 9.98. The number of hydrogen-bond donors (Lipinski definition) is 2. The van der Waals surface area contributed by atoms with E-state index in [1.54, 1.807) is 17.5 Å². The van der Waals surface area contributed by atoms with Gasteiger partial charge in [0.25, 0.3) is 5.91 Å². The maximum atomic E-state index is 13.4. The van der Waals surface area contributed by atoms with Crippen molar-refractivity contribution in [1.82, 2.24) is 9.97 Å². The van der Waals surface area contributed by atoms with Crippen LogP contribution in [0.15, 0.2) is 29.8 Å². The Bertz CT molecular complexity index is 970. The van der Waals surface area contributed by atoms with Crippen molar-refractivity contribution >= 4 is 33.3 Å². The predicted molar refractivity (Wildman–Crippen MR) is 92.6 cm³/mol. The molecule has 0 unspecified atom stereocenters. The fourth-order valence-electron chi connectivity index (χ4n) is 2.49. The summed E-state index contributed by atoms with van der Waals surface area (Å²) < 4.78 is 40.3. The summed E-state index contributed by atoms with van der Waals surface area (Å²) in [4.78, 5) is 19.8. The standard InChI is InChI=1S/C17H14F3N3O2S/c1-8(2)9-3-4-11-10(7-9)13(24)12(14(22-11)17(18,19)20)15(25)23-16-21-5-6-26-16/h3-8H,1-2H3,(H,22,24)(H,21,23,25). The van der Waals surface area contributed by atoms with Crippen LogP contribution in [0.4, 0.5) is 18.3 Å². The molecule has 5 nitrogen and oxygen atoms in total. The van der Waals surface area contributed by atoms with Gasteiger partial charge in [0.2, 0.25) is 0 Å². The maximum absolute atomic E-state index is 13.4. The molecule has 1 aromatic carbocycles. The number of fused-ring (bicyclic) bond motifs is 1. The number of rotatable bonds is 3. The molecule has 0 aliphatic heterocycles. The van der Waals surface area contributed by atoms with Gasteiger partial charge >= 0.3 is 6.18 Å². The van der Waals surface area contributed by atoms with Gasteiger partial charge in [-0.25, -0.2) is 9.97 Å². The normalized spacial score (nSPS) is 11.9. The summed E-state index contributed by atoms with van der Waals surface area (Å²) >= 11 is 1.05. The first-order valence-corrected chi connectivity index (χ1v) is 8.51. The Kier molecular flexibility index (Phi) is 4.57. The number of nitrogens with zero attached hydrogens (tertiary/aromatic N) is 2. The van der Waals surface area contributed by atoms with Gasteiger partial charge in [0, 0.05) is 17.0 Å². The minimum Gasteiger partial charge on any atom is -0.506 e. The molecule has 0 aliphatic carbocycles. The summed E-state index contributed by atoms with van der Waals surface area (Å²) in [5.74, 6) is -1.78. The highest BCUT2D eigenvalue weighted by Gasteiger charge is 2.40. The molecule has 0 atom stereocenters. The Morgan fingerprint density at radius 3 is 2.62 bits per heavy atom. The quantitative estimate of drug-likeness (QED) is 0.684. The molecular formula is C17H14F3N3O2S. The van der Waals surface area contributed by atoms with Gasteiger partial charge in [-0.15, -0.1) is 11.3 Å². The Hall–Kier alpha value is -2.68. The Morgan fingerprint density at radius 2 is 2.04 bits per heavy atom. The van der Waals surface area contributed by atoms with Crippen LogP contribution in [0.1, 0.15) is 41.4 Å². The molecule has 0 saturated carbocycles. The zero-order valence-corrected chi connectivity index (χ0v) is 14.6. The molecule has 136 valence electrons. The van der Waals surface area contributed by atoms with Crippen molar-refractivity contribution in [1.29, 1.82) is 0 Å². The van der Waals surface area contributed by atoms with Crippen LogP contribution >= 0.6 is 11.3 Å². The van der Waals surface area contributed by atoms with Crippen LogP contribution in [0.25, 0.3) is 10.9 Å². The molecule has 9 heteroatoms. The lowest BCUT2D eigenvalue weighted by molar-refractivity contribution is -0.141. The van der Waals surface area contributed by atoms with Crippen molar-refractivity contribution < 1.29 is 23.1 Å². The fraction of sp³-hybridized carbons (Fsp3) is 0.235. The van der Waals surface area contributed by atoms with E-state index < -0.39 is 29.1 Å². The molecule has 0 spiro atoms. The lowest BCUT2D eigenvalue weighted by Gasteiger charge is -2.16. The van der Waals surface area contributed by atoms with Crippen molar-refractivity contribution in [3.05, 3.63) is 46.6 Å². The summed E-state index contributed by atoms with van der Waals surface area (Å²) in [6, 6.07) is 4.60. The summed E-state index contributed by atoms with van der Waals surface area (Å²) in [7, 11) is 0. The smallest absolute Gasteiger partial charge is 0.434 e. The van der Waals surface area contributed by atoms with Crippen LogP contribution in [0, 0.1) is 0 Å². The highest BCUT2D eigenvalue weighted by atomic mass is 32.1. The van der Waals surface area contributed by atoms with Gasteiger partial charge in [-0.05, 0) is 23.6 Å². The van der Waals surface area contributed by atoms with E-state index in [9.17, 15) is 23.1 Å². The van der Waals surface area contributed by atoms with Gasteiger partial charge in [-0.1, -0.05) is 19.9 Å². The monoisotopic (exact) mass is 381 g/mol. The summed E-state index contributed by atoms with van der Waals surface area (Å²) in [6.07, 6.45) is -3.50. The molecular weight excluding hydrogens is 367 g/mol. The van der Waals surface area contributed by atoms with Gasteiger partial charge in [0.15, 0.2) is 10.8 Å². The van der Waals surface area contributed by atoms with Gasteiger partial charge in [0.1, 0.15) is 11.3 Å². The van der Waals surface area contributed by atoms with Crippen LogP contribution < -0.4 is 5.32 Å². The Morgan fingerprint density at radius 1 is 1.31 bits per heavy atom. The summed E-state index contributed by atoms with van der Waals surface area (Å²) in [5, 5.41) is 14.5. The first kappa shape index (κ1) is 18.1. The first-order valence-electron chi connectivity index (χ1n) is 7.63. The zero-order chi connectivity index (χ0) is 19.1. The molecule has 0 radical (unpaired) electrons. The van der Waals surface area contributed by atoms with Gasteiger partial charge < -0.3 is 5.11 Å². The molecule has 0 saturated heterocycles. The van der Waals surface area contributed by atoms with Crippen LogP contribution in [0.3, 0.4) is 0 Å². The zero-order valence-electron chi connectivity index (χ0n) is 13.8. The number of alkyl halides is 3. The third-order valence-electron chi connectivity index (χ3n) is 3.80. The number of pyridine rings is 1. The summed E-state index contributed by atoms with van der Waals surface area (Å²) in [5.41, 5.74) is -1.58. The minimum absolute atomic E-state index is 0.0370. The topological polar surface area (TPSA) is 75.1 Å². The number of anilines is 1. The van der Waals surface area contributed by atoms with Crippen LogP contribution in [0.5, 0.6) is 5.75 Å². The average Bonchev–Trinajstić information content (AvgIpc) is 3.06. The number of benzene rings is 1. The molecule has 2 N–H and O–H groups in total. The van der Waals surface area contributed by atoms with Gasteiger partial charge in [-0.3, -0.25) is 10.1 Å². The van der Waals surface area contributed by atoms with Gasteiger partial charge in [-0.2, -0.15) is 13.2 Å². The van der Waals surface area contributed by atoms with Crippen molar-refractivity contribution in [3.63, 3.8) is 0 Å². The number of hydrogen-bond acceptors (Lipinski definition) is 5. The number of carbonyl (C=O) groups is 1. The molecule has 1 amide bonds. The van der Waals surface area contributed by atoms with E-state index in [4.69, 9.17) is 0 Å². The maximum Gasteiger partial charge on any atom is 0.434 e. The summed E-state index contributed by atoms with van der Waals surface area (Å²) in [6.45, 7) is 3.82. The van der Waals surface area contributed by atoms with E-state index in [1.165, 1.54) is 12.3 Å². The van der Waals surface area contributed by atoms with E-state index in [0.717, 1.165) is 16.9 Å². The molecule has 0 aliphatic rings. The first-order chi connectivity index (χ1) is 12.2. The van der Waals surface area contributed by atoms with Crippen molar-refractivity contribution in [2.45, 2.75) is 25.9 Å². The number of amides is 1. The van der Waals surface area contributed by atoms with E-state index in [2.05, 4.69) is 15.3 Å². The van der Waals surface area contributed by atoms with Crippen molar-refractivity contribution in [2.75, 3.05) is 5.32 Å². The second-order valence-electron chi connectivity index (χ2n) is 5.90. The van der Waals surface area contributed by atoms with Crippen molar-refractivity contribution in [3.8, 4) is 5.75 Å². The molecule has 0 bridgehead atoms. The highest BCUT2D eigenvalue weighted by molar-refractivity contribution is 7.13. The third kappa shape index (κ3) is 3.34. The van der Waals surface area contributed by atoms with Gasteiger partial charge in [0.05, 0.1) is 5.52 Å². The minimum atomic E-state index is -4.90. The molecule has 2 aromatic heterocycles. The second kappa shape index (κ2) is 6.56. The van der Waals surface area contributed by atoms with E-state index in [0.29, 0.717) is 0 Å². The number of aromatic hydroxyl groups is 1. The molecule has 0 fully saturated rings. The molecule has 3 aromatic rings. The number of halogens is 3. The van der Waals surface area contributed by atoms with Crippen LogP contribution in [0.2, 0.25) is 0 Å². The average molecular weight is 381 g/mol. The molecule has 2 heterocycles. The number of nitrogens with one attached hydrogen (secondary N) is 1. The highest BCUT2D eigenvalue weighted by Crippen LogP contribution is 2.39. The Balaban J connectivity index is 2.23. The molecule has 3 rings (SSSR count). The second-order valence-corrected chi connectivity index (χ2v) is 6.80. The molecule has 26 heavy (non-hydrogen) atoms. The van der Waals surface area contributed by atoms with Crippen LogP contribution in [-0.2, 0) is 6.18 Å². The third-order valence-corrected chi connectivity index (χ3v) is 4.49.